The molecule has 0 saturated carbocycles. The average Bonchev–Trinajstić information content (AvgIpc) is 1.82. The van der Waals surface area contributed by atoms with Crippen LogP contribution in [0.2, 0.25) is 0 Å². The number of alkyl halides is 3. The van der Waals surface area contributed by atoms with E-state index in [-0.39, 0.29) is 5.76 Å². The molecule has 0 amide bonds. The van der Waals surface area contributed by atoms with Crippen molar-refractivity contribution in [2.45, 2.75) is 18.9 Å². The van der Waals surface area contributed by atoms with Gasteiger partial charge in [0.15, 0.2) is 0 Å². The first-order valence-electron chi connectivity index (χ1n) is 3.29. The molecule has 0 aliphatic heterocycles. The van der Waals surface area contributed by atoms with Crippen LogP contribution in [0.4, 0.5) is 13.2 Å². The van der Waals surface area contributed by atoms with Gasteiger partial charge in [-0.2, -0.15) is 0 Å². The van der Waals surface area contributed by atoms with Crippen molar-refractivity contribution < 1.29 is 23.0 Å². The highest BCUT2D eigenvalue weighted by Gasteiger charge is 2.32. The monoisotopic (exact) mass is 180 g/mol. The number of ether oxygens (including phenoxy) is 1. The Hall–Kier alpha value is -0.970. The number of allylic oxidation sites excluding steroid dienone is 1. The van der Waals surface area contributed by atoms with Crippen LogP contribution in [0.15, 0.2) is 24.0 Å². The summed E-state index contributed by atoms with van der Waals surface area (Å²) in [6.45, 7) is 0. The molecule has 0 bridgehead atoms. The number of aliphatic hydroxyl groups is 1. The van der Waals surface area contributed by atoms with Crippen LogP contribution in [0.3, 0.4) is 0 Å². The van der Waals surface area contributed by atoms with Crippen molar-refractivity contribution in [1.82, 2.24) is 0 Å². The zero-order valence-corrected chi connectivity index (χ0v) is 6.01. The van der Waals surface area contributed by atoms with E-state index in [1.807, 2.05) is 0 Å². The first kappa shape index (κ1) is 9.12. The molecular formula is C7H7F3O2. The number of hydrogen-bond donors (Lipinski definition) is 1. The lowest BCUT2D eigenvalue weighted by atomic mass is 10.1. The predicted octanol–water partition coefficient (Wildman–Crippen LogP) is 1.73. The molecule has 0 fully saturated rings. The summed E-state index contributed by atoms with van der Waals surface area (Å²) < 4.78 is 38.3. The lowest BCUT2D eigenvalue weighted by Crippen LogP contribution is -2.15. The lowest BCUT2D eigenvalue weighted by molar-refractivity contribution is -0.303. The van der Waals surface area contributed by atoms with Crippen molar-refractivity contribution in [3.8, 4) is 0 Å². The van der Waals surface area contributed by atoms with Gasteiger partial charge in [-0.3, -0.25) is 0 Å². The standard InChI is InChI=1S/C7H7F3O2/c8-7(9,10)12-6-3-1-2-5(11)4-6/h1,3-5,11H,2H2. The Morgan fingerprint density at radius 1 is 1.50 bits per heavy atom. The largest absolute Gasteiger partial charge is 0.573 e. The molecule has 0 aromatic heterocycles. The van der Waals surface area contributed by atoms with E-state index < -0.39 is 12.5 Å². The minimum absolute atomic E-state index is 0.324. The van der Waals surface area contributed by atoms with Crippen LogP contribution in [-0.2, 0) is 4.74 Å². The fourth-order valence-electron chi connectivity index (χ4n) is 0.839. The predicted molar refractivity (Wildman–Crippen MR) is 35.0 cm³/mol. The molecule has 1 aliphatic carbocycles. The molecule has 2 nitrogen and oxygen atoms in total. The molecule has 5 heteroatoms. The molecular weight excluding hydrogens is 173 g/mol. The highest BCUT2D eigenvalue weighted by molar-refractivity contribution is 5.19. The Bertz CT molecular complexity index is 217. The minimum Gasteiger partial charge on any atom is -0.406 e. The van der Waals surface area contributed by atoms with Crippen molar-refractivity contribution in [3.05, 3.63) is 24.0 Å². The van der Waals surface area contributed by atoms with Gasteiger partial charge in [-0.05, 0) is 18.6 Å². The summed E-state index contributed by atoms with van der Waals surface area (Å²) in [4.78, 5) is 0. The quantitative estimate of drug-likeness (QED) is 0.665. The van der Waals surface area contributed by atoms with Gasteiger partial charge in [0.1, 0.15) is 5.76 Å². The molecule has 1 atom stereocenters. The van der Waals surface area contributed by atoms with E-state index in [4.69, 9.17) is 5.11 Å². The van der Waals surface area contributed by atoms with Crippen molar-refractivity contribution in [2.75, 3.05) is 0 Å². The van der Waals surface area contributed by atoms with Gasteiger partial charge in [0, 0.05) is 0 Å². The SMILES string of the molecule is OC1C=C(OC(F)(F)F)C=CC1. The normalized spacial score (nSPS) is 23.7. The van der Waals surface area contributed by atoms with Crippen molar-refractivity contribution in [2.24, 2.45) is 0 Å². The topological polar surface area (TPSA) is 29.5 Å². The van der Waals surface area contributed by atoms with Gasteiger partial charge in [0.25, 0.3) is 0 Å². The molecule has 12 heavy (non-hydrogen) atoms. The van der Waals surface area contributed by atoms with Crippen LogP contribution in [-0.4, -0.2) is 17.6 Å². The molecule has 1 unspecified atom stereocenters. The second-order valence-electron chi connectivity index (χ2n) is 2.32. The van der Waals surface area contributed by atoms with E-state index in [0.717, 1.165) is 6.08 Å². The van der Waals surface area contributed by atoms with Gasteiger partial charge in [-0.1, -0.05) is 6.08 Å². The maximum Gasteiger partial charge on any atom is 0.573 e. The van der Waals surface area contributed by atoms with Gasteiger partial charge >= 0.3 is 6.36 Å². The summed E-state index contributed by atoms with van der Waals surface area (Å²) >= 11 is 0. The number of halogens is 3. The Morgan fingerprint density at radius 2 is 2.17 bits per heavy atom. The van der Waals surface area contributed by atoms with Crippen LogP contribution < -0.4 is 0 Å². The van der Waals surface area contributed by atoms with Crippen LogP contribution in [0, 0.1) is 0 Å². The summed E-state index contributed by atoms with van der Waals surface area (Å²) in [6.07, 6.45) is -1.62. The Balaban J connectivity index is 2.58. The third kappa shape index (κ3) is 2.96. The summed E-state index contributed by atoms with van der Waals surface area (Å²) in [5, 5.41) is 8.90. The third-order valence-corrected chi connectivity index (χ3v) is 1.25. The number of aliphatic hydroxyl groups excluding tert-OH is 1. The van der Waals surface area contributed by atoms with E-state index in [9.17, 15) is 13.2 Å². The summed E-state index contributed by atoms with van der Waals surface area (Å²) in [5.74, 6) is -0.360. The molecule has 0 aromatic rings. The maximum atomic E-state index is 11.6. The summed E-state index contributed by atoms with van der Waals surface area (Å²) in [6, 6.07) is 0. The molecule has 1 N–H and O–H groups in total. The molecule has 68 valence electrons. The molecule has 0 heterocycles. The van der Waals surface area contributed by atoms with Crippen molar-refractivity contribution in [1.29, 1.82) is 0 Å². The van der Waals surface area contributed by atoms with Gasteiger partial charge < -0.3 is 9.84 Å². The van der Waals surface area contributed by atoms with Crippen LogP contribution in [0.5, 0.6) is 0 Å². The van der Waals surface area contributed by atoms with Crippen molar-refractivity contribution in [3.63, 3.8) is 0 Å². The number of rotatable bonds is 1. The molecule has 0 radical (unpaired) electrons. The van der Waals surface area contributed by atoms with Crippen LogP contribution in [0.1, 0.15) is 6.42 Å². The second kappa shape index (κ2) is 3.18. The van der Waals surface area contributed by atoms with E-state index in [2.05, 4.69) is 4.74 Å². The van der Waals surface area contributed by atoms with Gasteiger partial charge in [-0.15, -0.1) is 13.2 Å². The van der Waals surface area contributed by atoms with E-state index in [1.165, 1.54) is 12.2 Å². The Labute approximate surface area is 66.9 Å². The fraction of sp³-hybridized carbons (Fsp3) is 0.429. The Kier molecular flexibility index (Phi) is 2.42. The zero-order chi connectivity index (χ0) is 9.19. The molecule has 1 aliphatic rings. The summed E-state index contributed by atoms with van der Waals surface area (Å²) in [7, 11) is 0. The van der Waals surface area contributed by atoms with Crippen LogP contribution in [0.25, 0.3) is 0 Å². The molecule has 0 aromatic carbocycles. The van der Waals surface area contributed by atoms with E-state index in [1.54, 1.807) is 0 Å². The lowest BCUT2D eigenvalue weighted by Gasteiger charge is -2.14. The molecule has 1 rings (SSSR count). The number of hydrogen-bond acceptors (Lipinski definition) is 2. The average molecular weight is 180 g/mol. The Morgan fingerprint density at radius 3 is 2.67 bits per heavy atom. The summed E-state index contributed by atoms with van der Waals surface area (Å²) in [5.41, 5.74) is 0. The smallest absolute Gasteiger partial charge is 0.406 e. The molecule has 0 spiro atoms. The molecule has 0 saturated heterocycles. The first-order valence-corrected chi connectivity index (χ1v) is 3.29. The highest BCUT2D eigenvalue weighted by Crippen LogP contribution is 2.23. The zero-order valence-electron chi connectivity index (χ0n) is 6.01. The third-order valence-electron chi connectivity index (χ3n) is 1.25. The fourth-order valence-corrected chi connectivity index (χ4v) is 0.839. The minimum atomic E-state index is -4.69. The van der Waals surface area contributed by atoms with E-state index >= 15 is 0 Å². The van der Waals surface area contributed by atoms with E-state index in [0.29, 0.717) is 6.42 Å². The van der Waals surface area contributed by atoms with Crippen LogP contribution >= 0.6 is 0 Å². The van der Waals surface area contributed by atoms with Gasteiger partial charge in [0.2, 0.25) is 0 Å². The second-order valence-corrected chi connectivity index (χ2v) is 2.32. The first-order chi connectivity index (χ1) is 5.47. The van der Waals surface area contributed by atoms with Gasteiger partial charge in [0.05, 0.1) is 6.10 Å². The van der Waals surface area contributed by atoms with Gasteiger partial charge in [-0.25, -0.2) is 0 Å². The maximum absolute atomic E-state index is 11.6. The highest BCUT2D eigenvalue weighted by atomic mass is 19.4. The van der Waals surface area contributed by atoms with Crippen molar-refractivity contribution >= 4 is 0 Å².